The molecule has 0 aliphatic carbocycles. The molecule has 0 aliphatic heterocycles. The molecule has 29 heavy (non-hydrogen) atoms. The van der Waals surface area contributed by atoms with E-state index in [2.05, 4.69) is 25.6 Å². The molecule has 9 nitrogen and oxygen atoms in total. The van der Waals surface area contributed by atoms with E-state index in [1.807, 2.05) is 19.1 Å². The first-order chi connectivity index (χ1) is 14.0. The fourth-order valence-electron chi connectivity index (χ4n) is 2.80. The lowest BCUT2D eigenvalue weighted by atomic mass is 10.1. The van der Waals surface area contributed by atoms with Crippen LogP contribution in [0, 0.1) is 0 Å². The van der Waals surface area contributed by atoms with Crippen LogP contribution in [0.15, 0.2) is 59.7 Å². The summed E-state index contributed by atoms with van der Waals surface area (Å²) >= 11 is 0. The number of hydrogen-bond donors (Lipinski definition) is 2. The van der Waals surface area contributed by atoms with Crippen molar-refractivity contribution in [1.82, 2.24) is 29.5 Å². The van der Waals surface area contributed by atoms with Crippen molar-refractivity contribution in [3.8, 4) is 17.1 Å². The topological polar surface area (TPSA) is 110 Å². The summed E-state index contributed by atoms with van der Waals surface area (Å²) in [5.74, 6) is 1.19. The summed E-state index contributed by atoms with van der Waals surface area (Å²) in [6.07, 6.45) is 2.23. The maximum atomic E-state index is 12.5. The fraction of sp³-hybridized carbons (Fsp3) is 0.150. The molecule has 0 saturated carbocycles. The predicted molar refractivity (Wildman–Crippen MR) is 108 cm³/mol. The van der Waals surface area contributed by atoms with Crippen molar-refractivity contribution >= 4 is 11.6 Å². The zero-order chi connectivity index (χ0) is 20.4. The van der Waals surface area contributed by atoms with E-state index in [1.54, 1.807) is 43.4 Å². The number of carbonyl (C=O) groups excluding carboxylic acids is 1. The predicted octanol–water partition coefficient (Wildman–Crippen LogP) is 2.17. The summed E-state index contributed by atoms with van der Waals surface area (Å²) in [5.41, 5.74) is 2.36. The Kier molecular flexibility index (Phi) is 4.78. The molecule has 2 aromatic carbocycles. The highest BCUT2D eigenvalue weighted by Crippen LogP contribution is 2.17. The molecule has 9 heteroatoms. The van der Waals surface area contributed by atoms with Crippen molar-refractivity contribution in [3.63, 3.8) is 0 Å². The number of aryl methyl sites for hydroxylation is 2. The van der Waals surface area contributed by atoms with Crippen LogP contribution >= 0.6 is 0 Å². The van der Waals surface area contributed by atoms with Gasteiger partial charge in [0, 0.05) is 30.3 Å². The molecule has 0 radical (unpaired) electrons. The minimum atomic E-state index is -0.237. The summed E-state index contributed by atoms with van der Waals surface area (Å²) < 4.78 is 2.68. The Balaban J connectivity index is 1.46. The van der Waals surface area contributed by atoms with Crippen LogP contribution in [0.4, 0.5) is 5.69 Å². The van der Waals surface area contributed by atoms with Crippen LogP contribution < -0.4 is 11.0 Å². The summed E-state index contributed by atoms with van der Waals surface area (Å²) in [7, 11) is 1.64. The van der Waals surface area contributed by atoms with E-state index < -0.39 is 0 Å². The lowest BCUT2D eigenvalue weighted by Crippen LogP contribution is -2.21. The fourth-order valence-corrected chi connectivity index (χ4v) is 2.80. The van der Waals surface area contributed by atoms with E-state index in [4.69, 9.17) is 0 Å². The minimum Gasteiger partial charge on any atom is -0.322 e. The Hall–Kier alpha value is -4.01. The lowest BCUT2D eigenvalue weighted by molar-refractivity contribution is 0.102. The Morgan fingerprint density at radius 1 is 1.10 bits per heavy atom. The summed E-state index contributed by atoms with van der Waals surface area (Å²) in [6.45, 7) is 2.00. The molecule has 0 atom stereocenters. The number of nitrogens with one attached hydrogen (secondary N) is 2. The van der Waals surface area contributed by atoms with Gasteiger partial charge < -0.3 is 5.32 Å². The van der Waals surface area contributed by atoms with Gasteiger partial charge in [-0.2, -0.15) is 14.9 Å². The molecule has 0 saturated heterocycles. The number of carbonyl (C=O) groups is 1. The third-order valence-corrected chi connectivity index (χ3v) is 4.46. The molecule has 2 N–H and O–H groups in total. The lowest BCUT2D eigenvalue weighted by Gasteiger charge is -2.07. The first-order valence-electron chi connectivity index (χ1n) is 9.09. The maximum Gasteiger partial charge on any atom is 0.350 e. The van der Waals surface area contributed by atoms with Crippen LogP contribution in [-0.4, -0.2) is 35.4 Å². The van der Waals surface area contributed by atoms with E-state index in [-0.39, 0.29) is 11.6 Å². The van der Waals surface area contributed by atoms with Gasteiger partial charge in [0.05, 0.1) is 5.69 Å². The normalized spacial score (nSPS) is 10.8. The van der Waals surface area contributed by atoms with E-state index in [9.17, 15) is 9.59 Å². The smallest absolute Gasteiger partial charge is 0.322 e. The molecule has 146 valence electrons. The van der Waals surface area contributed by atoms with Crippen LogP contribution in [0.2, 0.25) is 0 Å². The molecule has 2 heterocycles. The van der Waals surface area contributed by atoms with Crippen molar-refractivity contribution in [2.45, 2.75) is 13.3 Å². The summed E-state index contributed by atoms with van der Waals surface area (Å²) in [5, 5.41) is 13.9. The van der Waals surface area contributed by atoms with Crippen molar-refractivity contribution in [3.05, 3.63) is 76.7 Å². The van der Waals surface area contributed by atoms with Crippen LogP contribution in [0.3, 0.4) is 0 Å². The second-order valence-corrected chi connectivity index (χ2v) is 6.47. The Morgan fingerprint density at radius 3 is 2.41 bits per heavy atom. The zero-order valence-corrected chi connectivity index (χ0v) is 16.0. The molecule has 2 aromatic heterocycles. The number of nitrogens with zero attached hydrogens (tertiary/aromatic N) is 5. The largest absolute Gasteiger partial charge is 0.350 e. The van der Waals surface area contributed by atoms with Crippen LogP contribution in [0.25, 0.3) is 17.1 Å². The number of amides is 1. The SMILES string of the molecule is CCc1nc(-c2ccc(C(=O)Nc3ccc(-n4ncn(C)c4=O)cc3)cc2)n[nH]1. The number of hydrogen-bond acceptors (Lipinski definition) is 5. The van der Waals surface area contributed by atoms with E-state index in [0.717, 1.165) is 17.8 Å². The zero-order valence-electron chi connectivity index (χ0n) is 16.0. The Bertz CT molecular complexity index is 1200. The molecular weight excluding hydrogens is 370 g/mol. The van der Waals surface area contributed by atoms with Gasteiger partial charge in [-0.3, -0.25) is 14.5 Å². The van der Waals surface area contributed by atoms with E-state index in [0.29, 0.717) is 22.8 Å². The maximum absolute atomic E-state index is 12.5. The quantitative estimate of drug-likeness (QED) is 0.543. The average Bonchev–Trinajstić information content (AvgIpc) is 3.36. The van der Waals surface area contributed by atoms with Gasteiger partial charge in [0.2, 0.25) is 0 Å². The summed E-state index contributed by atoms with van der Waals surface area (Å²) in [6, 6.07) is 14.0. The van der Waals surface area contributed by atoms with Gasteiger partial charge in [-0.1, -0.05) is 19.1 Å². The van der Waals surface area contributed by atoms with Crippen LogP contribution in [0.5, 0.6) is 0 Å². The molecule has 4 aromatic rings. The van der Waals surface area contributed by atoms with Gasteiger partial charge in [-0.15, -0.1) is 0 Å². The van der Waals surface area contributed by atoms with E-state index in [1.165, 1.54) is 15.6 Å². The van der Waals surface area contributed by atoms with Gasteiger partial charge >= 0.3 is 5.69 Å². The highest BCUT2D eigenvalue weighted by Gasteiger charge is 2.10. The Morgan fingerprint density at radius 2 is 1.83 bits per heavy atom. The third kappa shape index (κ3) is 3.70. The van der Waals surface area contributed by atoms with Gasteiger partial charge in [0.15, 0.2) is 5.82 Å². The molecule has 0 aliphatic rings. The third-order valence-electron chi connectivity index (χ3n) is 4.46. The van der Waals surface area contributed by atoms with Crippen molar-refractivity contribution < 1.29 is 4.79 Å². The Labute approximate surface area is 166 Å². The monoisotopic (exact) mass is 389 g/mol. The number of aromatic amines is 1. The highest BCUT2D eigenvalue weighted by molar-refractivity contribution is 6.04. The van der Waals surface area contributed by atoms with Crippen molar-refractivity contribution in [2.75, 3.05) is 5.32 Å². The second-order valence-electron chi connectivity index (χ2n) is 6.47. The standard InChI is InChI=1S/C20H19N7O2/c1-3-17-23-18(25-24-17)13-4-6-14(7-5-13)19(28)22-15-8-10-16(11-9-15)27-20(29)26(2)12-21-27/h4-12H,3H2,1-2H3,(H,22,28)(H,23,24,25). The molecule has 0 spiro atoms. The minimum absolute atomic E-state index is 0.233. The number of aromatic nitrogens is 6. The van der Waals surface area contributed by atoms with Crippen molar-refractivity contribution in [1.29, 1.82) is 0 Å². The van der Waals surface area contributed by atoms with Crippen LogP contribution in [-0.2, 0) is 13.5 Å². The molecule has 0 bridgehead atoms. The average molecular weight is 389 g/mol. The molecule has 1 amide bonds. The van der Waals surface area contributed by atoms with E-state index >= 15 is 0 Å². The van der Waals surface area contributed by atoms with Crippen LogP contribution in [0.1, 0.15) is 23.1 Å². The second kappa shape index (κ2) is 7.55. The highest BCUT2D eigenvalue weighted by atomic mass is 16.2. The molecular formula is C20H19N7O2. The van der Waals surface area contributed by atoms with Gasteiger partial charge in [-0.05, 0) is 36.4 Å². The number of benzene rings is 2. The molecule has 0 unspecified atom stereocenters. The number of rotatable bonds is 5. The number of anilines is 1. The molecule has 0 fully saturated rings. The van der Waals surface area contributed by atoms with Gasteiger partial charge in [0.1, 0.15) is 12.2 Å². The first-order valence-corrected chi connectivity index (χ1v) is 9.09. The van der Waals surface area contributed by atoms with Crippen molar-refractivity contribution in [2.24, 2.45) is 7.05 Å². The molecule has 4 rings (SSSR count). The van der Waals surface area contributed by atoms with Gasteiger partial charge in [-0.25, -0.2) is 9.78 Å². The first kappa shape index (κ1) is 18.4. The summed E-state index contributed by atoms with van der Waals surface area (Å²) in [4.78, 5) is 28.8. The van der Waals surface area contributed by atoms with Gasteiger partial charge in [0.25, 0.3) is 5.91 Å². The number of H-pyrrole nitrogens is 1.